The molecule has 190 valence electrons. The maximum atomic E-state index is 13.8. The highest BCUT2D eigenvalue weighted by Crippen LogP contribution is 2.42. The highest BCUT2D eigenvalue weighted by Gasteiger charge is 2.31. The van der Waals surface area contributed by atoms with Crippen LogP contribution in [0.4, 0.5) is 5.69 Å². The predicted octanol–water partition coefficient (Wildman–Crippen LogP) is 5.55. The Morgan fingerprint density at radius 1 is 1.00 bits per heavy atom. The highest BCUT2D eigenvalue weighted by atomic mass is 16.5. The number of aromatic nitrogens is 2. The number of aryl methyl sites for hydroxylation is 3. The number of hydrogen-bond acceptors (Lipinski definition) is 4. The molecule has 1 aliphatic rings. The van der Waals surface area contributed by atoms with Gasteiger partial charge in [0, 0.05) is 17.7 Å². The van der Waals surface area contributed by atoms with E-state index in [0.29, 0.717) is 41.7 Å². The molecule has 0 saturated heterocycles. The van der Waals surface area contributed by atoms with Crippen molar-refractivity contribution in [3.05, 3.63) is 98.8 Å². The lowest BCUT2D eigenvalue weighted by Crippen LogP contribution is -2.27. The maximum Gasteiger partial charge on any atom is 0.278 e. The normalized spacial score (nSPS) is 11.9. The van der Waals surface area contributed by atoms with E-state index in [-0.39, 0.29) is 18.0 Å². The summed E-state index contributed by atoms with van der Waals surface area (Å²) in [6.07, 6.45) is 1.28. The van der Waals surface area contributed by atoms with E-state index < -0.39 is 0 Å². The highest BCUT2D eigenvalue weighted by molar-refractivity contribution is 5.92. The van der Waals surface area contributed by atoms with Crippen LogP contribution < -0.4 is 20.3 Å². The second kappa shape index (κ2) is 10.0. The van der Waals surface area contributed by atoms with Crippen molar-refractivity contribution in [2.24, 2.45) is 0 Å². The first-order valence-corrected chi connectivity index (χ1v) is 12.6. The molecule has 0 saturated carbocycles. The first-order valence-electron chi connectivity index (χ1n) is 12.6. The van der Waals surface area contributed by atoms with Gasteiger partial charge in [-0.05, 0) is 62.1 Å². The van der Waals surface area contributed by atoms with Crippen molar-refractivity contribution in [1.82, 2.24) is 9.36 Å². The van der Waals surface area contributed by atoms with Crippen LogP contribution in [0.1, 0.15) is 41.7 Å². The Kier molecular flexibility index (Phi) is 6.61. The minimum Gasteiger partial charge on any atom is -0.490 e. The molecule has 4 aromatic rings. The van der Waals surface area contributed by atoms with Gasteiger partial charge in [-0.15, -0.1) is 0 Å². The standard InChI is InChI=1S/C30H31N3O4/c1-5-21-13-15-23(16-14-21)33-29(35)24-17-22-11-8-12-25(36-6-2)28(22)37-30(24)32(33)18-26(34)31-27-19(3)9-7-10-20(27)4/h7-16H,5-6,17-18H2,1-4H3,(H,31,34). The number of carbonyl (C=O) groups excluding carboxylic acids is 1. The summed E-state index contributed by atoms with van der Waals surface area (Å²) in [5.74, 6) is 1.31. The smallest absolute Gasteiger partial charge is 0.278 e. The summed E-state index contributed by atoms with van der Waals surface area (Å²) >= 11 is 0. The topological polar surface area (TPSA) is 74.5 Å². The first-order chi connectivity index (χ1) is 17.9. The van der Waals surface area contributed by atoms with Crippen molar-refractivity contribution in [2.75, 3.05) is 11.9 Å². The van der Waals surface area contributed by atoms with Gasteiger partial charge in [-0.3, -0.25) is 9.59 Å². The largest absolute Gasteiger partial charge is 0.490 e. The molecule has 7 heteroatoms. The Balaban J connectivity index is 1.60. The van der Waals surface area contributed by atoms with E-state index in [2.05, 4.69) is 12.2 Å². The molecule has 2 heterocycles. The van der Waals surface area contributed by atoms with Crippen LogP contribution in [-0.4, -0.2) is 21.9 Å². The molecule has 0 radical (unpaired) electrons. The van der Waals surface area contributed by atoms with Crippen LogP contribution in [0.15, 0.2) is 65.5 Å². The number of ether oxygens (including phenoxy) is 2. The van der Waals surface area contributed by atoms with Crippen molar-refractivity contribution in [1.29, 1.82) is 0 Å². The first kappa shape index (κ1) is 24.4. The van der Waals surface area contributed by atoms with Gasteiger partial charge in [-0.1, -0.05) is 49.4 Å². The SMILES string of the molecule is CCOc1cccc2c1Oc1c(c(=O)n(-c3ccc(CC)cc3)n1CC(=O)Nc1c(C)cccc1C)C2. The van der Waals surface area contributed by atoms with Gasteiger partial charge in [0.2, 0.25) is 11.8 Å². The zero-order chi connectivity index (χ0) is 26.1. The van der Waals surface area contributed by atoms with E-state index in [1.54, 1.807) is 9.36 Å². The molecule has 1 aliphatic heterocycles. The fourth-order valence-electron chi connectivity index (χ4n) is 4.81. The van der Waals surface area contributed by atoms with E-state index in [4.69, 9.17) is 9.47 Å². The fourth-order valence-corrected chi connectivity index (χ4v) is 4.81. The molecule has 37 heavy (non-hydrogen) atoms. The van der Waals surface area contributed by atoms with Crippen LogP contribution >= 0.6 is 0 Å². The van der Waals surface area contributed by atoms with E-state index in [1.807, 2.05) is 81.4 Å². The average molecular weight is 498 g/mol. The van der Waals surface area contributed by atoms with Gasteiger partial charge >= 0.3 is 0 Å². The summed E-state index contributed by atoms with van der Waals surface area (Å²) in [6.45, 7) is 8.31. The summed E-state index contributed by atoms with van der Waals surface area (Å²) < 4.78 is 15.3. The quantitative estimate of drug-likeness (QED) is 0.320. The molecule has 1 N–H and O–H groups in total. The van der Waals surface area contributed by atoms with Gasteiger partial charge < -0.3 is 14.8 Å². The predicted molar refractivity (Wildman–Crippen MR) is 144 cm³/mol. The lowest BCUT2D eigenvalue weighted by molar-refractivity contribution is -0.117. The van der Waals surface area contributed by atoms with Gasteiger partial charge in [0.1, 0.15) is 6.54 Å². The Bertz CT molecular complexity index is 1510. The molecule has 0 fully saturated rings. The number of nitrogens with one attached hydrogen (secondary N) is 1. The van der Waals surface area contributed by atoms with Gasteiger partial charge in [0.25, 0.3) is 5.56 Å². The summed E-state index contributed by atoms with van der Waals surface area (Å²) in [5, 5.41) is 3.04. The third kappa shape index (κ3) is 4.53. The Hall–Kier alpha value is -4.26. The number of amides is 1. The molecule has 0 bridgehead atoms. The number of nitrogens with zero attached hydrogens (tertiary/aromatic N) is 2. The van der Waals surface area contributed by atoms with Crippen molar-refractivity contribution in [2.45, 2.75) is 47.1 Å². The summed E-state index contributed by atoms with van der Waals surface area (Å²) in [5.41, 5.74) is 5.75. The van der Waals surface area contributed by atoms with Gasteiger partial charge in [-0.2, -0.15) is 0 Å². The van der Waals surface area contributed by atoms with Crippen LogP contribution in [0.2, 0.25) is 0 Å². The number of hydrogen-bond donors (Lipinski definition) is 1. The molecule has 0 spiro atoms. The van der Waals surface area contributed by atoms with E-state index >= 15 is 0 Å². The molecule has 7 nitrogen and oxygen atoms in total. The van der Waals surface area contributed by atoms with Gasteiger partial charge in [0.05, 0.1) is 17.9 Å². The number of rotatable bonds is 7. The second-order valence-corrected chi connectivity index (χ2v) is 9.25. The van der Waals surface area contributed by atoms with Crippen molar-refractivity contribution < 1.29 is 14.3 Å². The number of fused-ring (bicyclic) bond motifs is 2. The molecule has 3 aromatic carbocycles. The maximum absolute atomic E-state index is 13.8. The zero-order valence-electron chi connectivity index (χ0n) is 21.6. The van der Waals surface area contributed by atoms with Crippen LogP contribution in [0.5, 0.6) is 17.4 Å². The lowest BCUT2D eigenvalue weighted by Gasteiger charge is -2.22. The van der Waals surface area contributed by atoms with E-state index in [9.17, 15) is 9.59 Å². The van der Waals surface area contributed by atoms with Gasteiger partial charge in [-0.25, -0.2) is 9.36 Å². The van der Waals surface area contributed by atoms with Crippen molar-refractivity contribution in [3.63, 3.8) is 0 Å². The molecular formula is C30H31N3O4. The molecule has 5 rings (SSSR count). The average Bonchev–Trinajstić information content (AvgIpc) is 3.16. The third-order valence-electron chi connectivity index (χ3n) is 6.74. The Morgan fingerprint density at radius 2 is 1.70 bits per heavy atom. The van der Waals surface area contributed by atoms with Gasteiger partial charge in [0.15, 0.2) is 11.5 Å². The Morgan fingerprint density at radius 3 is 2.38 bits per heavy atom. The Labute approximate surface area is 216 Å². The molecule has 0 atom stereocenters. The monoisotopic (exact) mass is 497 g/mol. The van der Waals surface area contributed by atoms with Crippen LogP contribution in [0, 0.1) is 13.8 Å². The minimum absolute atomic E-state index is 0.0972. The molecule has 0 aliphatic carbocycles. The fraction of sp³-hybridized carbons (Fsp3) is 0.267. The summed E-state index contributed by atoms with van der Waals surface area (Å²) in [7, 11) is 0. The third-order valence-corrected chi connectivity index (χ3v) is 6.74. The summed E-state index contributed by atoms with van der Waals surface area (Å²) in [4.78, 5) is 27.1. The number of carbonyl (C=O) groups is 1. The number of para-hydroxylation sites is 2. The van der Waals surface area contributed by atoms with Crippen LogP contribution in [0.3, 0.4) is 0 Å². The van der Waals surface area contributed by atoms with Crippen LogP contribution in [-0.2, 0) is 24.2 Å². The van der Waals surface area contributed by atoms with E-state index in [0.717, 1.165) is 34.4 Å². The molecule has 0 unspecified atom stereocenters. The van der Waals surface area contributed by atoms with Crippen LogP contribution in [0.25, 0.3) is 5.69 Å². The molecule has 1 aromatic heterocycles. The van der Waals surface area contributed by atoms with Crippen molar-refractivity contribution in [3.8, 4) is 23.1 Å². The zero-order valence-corrected chi connectivity index (χ0v) is 21.6. The molecular weight excluding hydrogens is 466 g/mol. The van der Waals surface area contributed by atoms with Crippen molar-refractivity contribution >= 4 is 11.6 Å². The lowest BCUT2D eigenvalue weighted by atomic mass is 10.0. The van der Waals surface area contributed by atoms with E-state index in [1.165, 1.54) is 0 Å². The minimum atomic E-state index is -0.249. The number of benzene rings is 3. The number of anilines is 1. The summed E-state index contributed by atoms with van der Waals surface area (Å²) in [6, 6.07) is 19.4. The second-order valence-electron chi connectivity index (χ2n) is 9.25. The molecule has 1 amide bonds.